The van der Waals surface area contributed by atoms with Gasteiger partial charge in [0.2, 0.25) is 0 Å². The Morgan fingerprint density at radius 3 is 3.00 bits per heavy atom. The molecule has 1 rings (SSSR count). The lowest BCUT2D eigenvalue weighted by atomic mass is 10.2. The van der Waals surface area contributed by atoms with Crippen LogP contribution in [0.5, 0.6) is 0 Å². The van der Waals surface area contributed by atoms with Gasteiger partial charge in [0.25, 0.3) is 5.91 Å². The summed E-state index contributed by atoms with van der Waals surface area (Å²) in [6.45, 7) is 0.393. The first-order valence-electron chi connectivity index (χ1n) is 5.68. The van der Waals surface area contributed by atoms with Gasteiger partial charge < -0.3 is 15.8 Å². The zero-order valence-electron chi connectivity index (χ0n) is 10.6. The van der Waals surface area contributed by atoms with Crippen molar-refractivity contribution in [3.63, 3.8) is 0 Å². The molecule has 0 saturated heterocycles. The molecule has 0 unspecified atom stereocenters. The van der Waals surface area contributed by atoms with Crippen LogP contribution in [0.3, 0.4) is 0 Å². The minimum absolute atomic E-state index is 0.110. The Bertz CT molecular complexity index is 517. The summed E-state index contributed by atoms with van der Waals surface area (Å²) in [5, 5.41) is 2.58. The van der Waals surface area contributed by atoms with Gasteiger partial charge in [0.1, 0.15) is 5.69 Å². The van der Waals surface area contributed by atoms with Crippen LogP contribution in [-0.2, 0) is 9.53 Å². The van der Waals surface area contributed by atoms with E-state index >= 15 is 0 Å². The molecule has 6 nitrogen and oxygen atoms in total. The van der Waals surface area contributed by atoms with Gasteiger partial charge in [-0.3, -0.25) is 9.59 Å². The summed E-state index contributed by atoms with van der Waals surface area (Å²) in [4.78, 5) is 26.8. The van der Waals surface area contributed by atoms with Crippen LogP contribution >= 0.6 is 0 Å². The molecule has 0 fully saturated rings. The number of nitrogens with zero attached hydrogens (tertiary/aromatic N) is 1. The lowest BCUT2D eigenvalue weighted by Gasteiger charge is -2.05. The highest BCUT2D eigenvalue weighted by atomic mass is 16.5. The van der Waals surface area contributed by atoms with Crippen LogP contribution in [0.4, 0.5) is 0 Å². The monoisotopic (exact) mass is 261 g/mol. The maximum atomic E-state index is 11.9. The number of nitrogens with two attached hydrogens (primary N) is 1. The van der Waals surface area contributed by atoms with Crippen molar-refractivity contribution in [2.45, 2.75) is 6.42 Å². The molecule has 0 aromatic carbocycles. The number of aromatic nitrogens is 1. The van der Waals surface area contributed by atoms with Crippen LogP contribution < -0.4 is 11.1 Å². The molecular formula is C13H15N3O3. The molecule has 0 saturated carbocycles. The zero-order chi connectivity index (χ0) is 14.1. The van der Waals surface area contributed by atoms with Crippen LogP contribution in [-0.4, -0.2) is 37.1 Å². The summed E-state index contributed by atoms with van der Waals surface area (Å²) in [7, 11) is 1.30. The number of esters is 1. The molecule has 0 aliphatic carbocycles. The van der Waals surface area contributed by atoms with Crippen molar-refractivity contribution >= 4 is 11.9 Å². The SMILES string of the molecule is COC(=O)CCNC(=O)c1ncccc1C#CCN. The van der Waals surface area contributed by atoms with E-state index < -0.39 is 0 Å². The van der Waals surface area contributed by atoms with Gasteiger partial charge in [-0.15, -0.1) is 0 Å². The van der Waals surface area contributed by atoms with E-state index in [4.69, 9.17) is 5.73 Å². The Hall–Kier alpha value is -2.39. The van der Waals surface area contributed by atoms with Gasteiger partial charge >= 0.3 is 5.97 Å². The number of carbonyl (C=O) groups excluding carboxylic acids is 2. The van der Waals surface area contributed by atoms with Crippen molar-refractivity contribution in [2.75, 3.05) is 20.2 Å². The van der Waals surface area contributed by atoms with Gasteiger partial charge in [0.05, 0.1) is 25.6 Å². The van der Waals surface area contributed by atoms with Gasteiger partial charge in [0.15, 0.2) is 0 Å². The van der Waals surface area contributed by atoms with Crippen LogP contribution in [0.15, 0.2) is 18.3 Å². The van der Waals surface area contributed by atoms with E-state index in [9.17, 15) is 9.59 Å². The van der Waals surface area contributed by atoms with E-state index in [0.29, 0.717) is 5.56 Å². The third-order valence-electron chi connectivity index (χ3n) is 2.19. The topological polar surface area (TPSA) is 94.3 Å². The van der Waals surface area contributed by atoms with E-state index in [1.807, 2.05) is 0 Å². The van der Waals surface area contributed by atoms with Gasteiger partial charge in [-0.1, -0.05) is 11.8 Å². The molecule has 1 amide bonds. The Morgan fingerprint density at radius 2 is 2.32 bits per heavy atom. The van der Waals surface area contributed by atoms with E-state index in [-0.39, 0.29) is 37.1 Å². The van der Waals surface area contributed by atoms with E-state index in [2.05, 4.69) is 26.9 Å². The highest BCUT2D eigenvalue weighted by Crippen LogP contribution is 2.03. The molecule has 1 aromatic rings. The normalized spacial score (nSPS) is 9.16. The van der Waals surface area contributed by atoms with Crippen LogP contribution in [0, 0.1) is 11.8 Å². The van der Waals surface area contributed by atoms with Gasteiger partial charge in [-0.05, 0) is 12.1 Å². The number of rotatable bonds is 4. The largest absolute Gasteiger partial charge is 0.469 e. The fraction of sp³-hybridized carbons (Fsp3) is 0.308. The molecule has 19 heavy (non-hydrogen) atoms. The van der Waals surface area contributed by atoms with Crippen LogP contribution in [0.25, 0.3) is 0 Å². The molecule has 100 valence electrons. The highest BCUT2D eigenvalue weighted by molar-refractivity contribution is 5.94. The Morgan fingerprint density at radius 1 is 1.53 bits per heavy atom. The Kier molecular flexibility index (Phi) is 6.06. The molecule has 0 bridgehead atoms. The van der Waals surface area contributed by atoms with E-state index in [1.54, 1.807) is 12.1 Å². The van der Waals surface area contributed by atoms with Gasteiger partial charge in [0, 0.05) is 12.7 Å². The van der Waals surface area contributed by atoms with Crippen molar-refractivity contribution in [2.24, 2.45) is 5.73 Å². The summed E-state index contributed by atoms with van der Waals surface area (Å²) in [6.07, 6.45) is 1.61. The van der Waals surface area contributed by atoms with Crippen molar-refractivity contribution in [3.05, 3.63) is 29.6 Å². The first-order valence-corrected chi connectivity index (χ1v) is 5.68. The van der Waals surface area contributed by atoms with Crippen molar-refractivity contribution in [1.29, 1.82) is 0 Å². The molecule has 3 N–H and O–H groups in total. The van der Waals surface area contributed by atoms with Crippen LogP contribution in [0.2, 0.25) is 0 Å². The first-order chi connectivity index (χ1) is 9.19. The summed E-state index contributed by atoms with van der Waals surface area (Å²) in [5.74, 6) is 4.67. The molecular weight excluding hydrogens is 246 g/mol. The number of hydrogen-bond acceptors (Lipinski definition) is 5. The number of amides is 1. The number of nitrogens with one attached hydrogen (secondary N) is 1. The maximum Gasteiger partial charge on any atom is 0.307 e. The first kappa shape index (κ1) is 14.7. The van der Waals surface area contributed by atoms with Gasteiger partial charge in [-0.25, -0.2) is 4.98 Å². The summed E-state index contributed by atoms with van der Waals surface area (Å²) >= 11 is 0. The third-order valence-corrected chi connectivity index (χ3v) is 2.19. The molecule has 0 aliphatic heterocycles. The minimum Gasteiger partial charge on any atom is -0.469 e. The Labute approximate surface area is 111 Å². The average molecular weight is 261 g/mol. The van der Waals surface area contributed by atoms with Gasteiger partial charge in [-0.2, -0.15) is 0 Å². The van der Waals surface area contributed by atoms with E-state index in [1.165, 1.54) is 13.3 Å². The number of ether oxygens (including phenoxy) is 1. The Balaban J connectivity index is 2.69. The zero-order valence-corrected chi connectivity index (χ0v) is 10.6. The molecule has 0 aliphatic rings. The van der Waals surface area contributed by atoms with Crippen molar-refractivity contribution in [3.8, 4) is 11.8 Å². The molecule has 1 aromatic heterocycles. The highest BCUT2D eigenvalue weighted by Gasteiger charge is 2.11. The second-order valence-corrected chi connectivity index (χ2v) is 3.49. The van der Waals surface area contributed by atoms with Crippen molar-refractivity contribution < 1.29 is 14.3 Å². The van der Waals surface area contributed by atoms with Crippen molar-refractivity contribution in [1.82, 2.24) is 10.3 Å². The fourth-order valence-corrected chi connectivity index (χ4v) is 1.30. The summed E-state index contributed by atoms with van der Waals surface area (Å²) in [6, 6.07) is 3.37. The van der Waals surface area contributed by atoms with E-state index in [0.717, 1.165) is 0 Å². The minimum atomic E-state index is -0.385. The number of pyridine rings is 1. The average Bonchev–Trinajstić information content (AvgIpc) is 2.45. The molecule has 6 heteroatoms. The number of carbonyl (C=O) groups is 2. The molecule has 1 heterocycles. The maximum absolute atomic E-state index is 11.9. The molecule has 0 radical (unpaired) electrons. The summed E-state index contributed by atoms with van der Waals surface area (Å²) < 4.78 is 4.47. The predicted molar refractivity (Wildman–Crippen MR) is 69.1 cm³/mol. The standard InChI is InChI=1S/C13H15N3O3/c1-19-11(17)6-9-16-13(18)12-10(4-2-7-14)5-3-8-15-12/h3,5,8H,6-7,9,14H2,1H3,(H,16,18). The third kappa shape index (κ3) is 4.77. The lowest BCUT2D eigenvalue weighted by Crippen LogP contribution is -2.27. The number of methoxy groups -OCH3 is 1. The van der Waals surface area contributed by atoms with Crippen LogP contribution in [0.1, 0.15) is 22.5 Å². The fourth-order valence-electron chi connectivity index (χ4n) is 1.30. The predicted octanol–water partition coefficient (Wildman–Crippen LogP) is -0.315. The molecule has 0 atom stereocenters. The quantitative estimate of drug-likeness (QED) is 0.572. The second kappa shape index (κ2) is 7.84. The summed E-state index contributed by atoms with van der Waals surface area (Å²) in [5.41, 5.74) is 6.00. The smallest absolute Gasteiger partial charge is 0.307 e. The molecule has 0 spiro atoms. The second-order valence-electron chi connectivity index (χ2n) is 3.49. The number of hydrogen-bond donors (Lipinski definition) is 2. The lowest BCUT2D eigenvalue weighted by molar-refractivity contribution is -0.140.